The normalized spacial score (nSPS) is 39.9. The Morgan fingerprint density at radius 1 is 1.60 bits per heavy atom. The topological polar surface area (TPSA) is 26.3 Å². The number of rotatable bonds is 1. The maximum absolute atomic E-state index is 10.9. The molecular formula is C7H11IO2. The van der Waals surface area contributed by atoms with Crippen molar-refractivity contribution in [3.8, 4) is 0 Å². The van der Waals surface area contributed by atoms with E-state index in [1.54, 1.807) is 0 Å². The molecule has 2 nitrogen and oxygen atoms in total. The predicted octanol–water partition coefficient (Wildman–Crippen LogP) is 1.62. The molecule has 3 heteroatoms. The van der Waals surface area contributed by atoms with Gasteiger partial charge in [-0.1, -0.05) is 36.4 Å². The van der Waals surface area contributed by atoms with Crippen LogP contribution in [0.15, 0.2) is 0 Å². The summed E-state index contributed by atoms with van der Waals surface area (Å²) in [5.41, 5.74) is 0. The zero-order valence-corrected chi connectivity index (χ0v) is 8.29. The van der Waals surface area contributed by atoms with Crippen LogP contribution in [0.4, 0.5) is 0 Å². The highest BCUT2D eigenvalue weighted by Gasteiger charge is 2.37. The molecule has 1 aliphatic heterocycles. The lowest BCUT2D eigenvalue weighted by atomic mass is 9.95. The molecule has 58 valence electrons. The van der Waals surface area contributed by atoms with Crippen LogP contribution in [-0.4, -0.2) is 16.5 Å². The lowest BCUT2D eigenvalue weighted by molar-refractivity contribution is -0.143. The molecule has 1 aliphatic rings. The molecule has 0 aromatic carbocycles. The van der Waals surface area contributed by atoms with Crippen molar-refractivity contribution in [1.29, 1.82) is 0 Å². The molecule has 1 heterocycles. The van der Waals surface area contributed by atoms with Crippen molar-refractivity contribution in [2.75, 3.05) is 4.43 Å². The molecule has 0 saturated carbocycles. The molecule has 3 atom stereocenters. The summed E-state index contributed by atoms with van der Waals surface area (Å²) in [4.78, 5) is 10.9. The van der Waals surface area contributed by atoms with E-state index in [-0.39, 0.29) is 18.0 Å². The van der Waals surface area contributed by atoms with Crippen LogP contribution in [0.1, 0.15) is 13.8 Å². The quantitative estimate of drug-likeness (QED) is 0.404. The molecule has 0 spiro atoms. The number of carbonyl (C=O) groups excluding carboxylic acids is 1. The number of alkyl halides is 1. The van der Waals surface area contributed by atoms with Gasteiger partial charge in [-0.2, -0.15) is 0 Å². The van der Waals surface area contributed by atoms with Gasteiger partial charge in [-0.05, 0) is 0 Å². The zero-order chi connectivity index (χ0) is 7.72. The number of hydrogen-bond acceptors (Lipinski definition) is 2. The number of esters is 1. The summed E-state index contributed by atoms with van der Waals surface area (Å²) in [6.07, 6.45) is 0.156. The highest BCUT2D eigenvalue weighted by molar-refractivity contribution is 14.1. The Bertz CT molecular complexity index is 147. The number of ether oxygens (including phenoxy) is 1. The van der Waals surface area contributed by atoms with Crippen LogP contribution in [0.3, 0.4) is 0 Å². The van der Waals surface area contributed by atoms with Gasteiger partial charge in [0.1, 0.15) is 6.10 Å². The Kier molecular flexibility index (Phi) is 2.55. The third-order valence-electron chi connectivity index (χ3n) is 2.17. The maximum Gasteiger partial charge on any atom is 0.309 e. The minimum absolute atomic E-state index is 0.0332. The fourth-order valence-corrected chi connectivity index (χ4v) is 2.05. The van der Waals surface area contributed by atoms with Gasteiger partial charge in [0.05, 0.1) is 5.92 Å². The Hall–Kier alpha value is 0.200. The smallest absolute Gasteiger partial charge is 0.309 e. The van der Waals surface area contributed by atoms with Crippen molar-refractivity contribution in [1.82, 2.24) is 0 Å². The molecule has 0 unspecified atom stereocenters. The molecule has 0 aromatic rings. The Balaban J connectivity index is 2.61. The number of carbonyl (C=O) groups is 1. The molecule has 0 bridgehead atoms. The van der Waals surface area contributed by atoms with E-state index in [1.807, 2.05) is 6.92 Å². The minimum Gasteiger partial charge on any atom is -0.461 e. The van der Waals surface area contributed by atoms with Crippen molar-refractivity contribution >= 4 is 28.6 Å². The lowest BCUT2D eigenvalue weighted by Crippen LogP contribution is -2.16. The summed E-state index contributed by atoms with van der Waals surface area (Å²) >= 11 is 2.25. The van der Waals surface area contributed by atoms with Crippen LogP contribution in [0.25, 0.3) is 0 Å². The average Bonchev–Trinajstić information content (AvgIpc) is 2.17. The molecule has 1 fully saturated rings. The SMILES string of the molecule is C[C@@H]1[C@H](CI)OC(=O)[C@H]1C. The van der Waals surface area contributed by atoms with Crippen molar-refractivity contribution in [2.45, 2.75) is 20.0 Å². The molecule has 0 radical (unpaired) electrons. The molecule has 1 rings (SSSR count). The monoisotopic (exact) mass is 254 g/mol. The van der Waals surface area contributed by atoms with Crippen LogP contribution in [-0.2, 0) is 9.53 Å². The van der Waals surface area contributed by atoms with E-state index < -0.39 is 0 Å². The third kappa shape index (κ3) is 1.28. The van der Waals surface area contributed by atoms with E-state index in [2.05, 4.69) is 29.5 Å². The second-order valence-corrected chi connectivity index (χ2v) is 3.66. The van der Waals surface area contributed by atoms with Gasteiger partial charge in [-0.15, -0.1) is 0 Å². The maximum atomic E-state index is 10.9. The highest BCUT2D eigenvalue weighted by atomic mass is 127. The van der Waals surface area contributed by atoms with Gasteiger partial charge in [0.15, 0.2) is 0 Å². The molecule has 0 aromatic heterocycles. The first-order chi connectivity index (χ1) is 4.66. The molecule has 0 amide bonds. The molecular weight excluding hydrogens is 243 g/mol. The lowest BCUT2D eigenvalue weighted by Gasteiger charge is -2.10. The van der Waals surface area contributed by atoms with Crippen LogP contribution in [0.5, 0.6) is 0 Å². The van der Waals surface area contributed by atoms with Crippen molar-refractivity contribution in [3.05, 3.63) is 0 Å². The third-order valence-corrected chi connectivity index (χ3v) is 3.03. The summed E-state index contributed by atoms with van der Waals surface area (Å²) in [6.45, 7) is 4.00. The fraction of sp³-hybridized carbons (Fsp3) is 0.857. The first-order valence-electron chi connectivity index (χ1n) is 3.43. The van der Waals surface area contributed by atoms with Gasteiger partial charge in [0.25, 0.3) is 0 Å². The number of cyclic esters (lactones) is 1. The Morgan fingerprint density at radius 3 is 2.40 bits per heavy atom. The standard InChI is InChI=1S/C7H11IO2/c1-4-5(2)7(9)10-6(4)3-8/h4-6H,3H2,1-2H3/t4-,5-,6-/m0/s1. The van der Waals surface area contributed by atoms with Gasteiger partial charge in [-0.25, -0.2) is 0 Å². The molecule has 1 saturated heterocycles. The predicted molar refractivity (Wildman–Crippen MR) is 47.1 cm³/mol. The summed E-state index contributed by atoms with van der Waals surface area (Å²) < 4.78 is 6.00. The second kappa shape index (κ2) is 3.07. The van der Waals surface area contributed by atoms with Gasteiger partial charge < -0.3 is 4.74 Å². The zero-order valence-electron chi connectivity index (χ0n) is 6.13. The van der Waals surface area contributed by atoms with Crippen LogP contribution in [0.2, 0.25) is 0 Å². The van der Waals surface area contributed by atoms with Gasteiger partial charge in [0, 0.05) is 10.3 Å². The van der Waals surface area contributed by atoms with Gasteiger partial charge >= 0.3 is 5.97 Å². The van der Waals surface area contributed by atoms with Crippen molar-refractivity contribution in [3.63, 3.8) is 0 Å². The average molecular weight is 254 g/mol. The first-order valence-corrected chi connectivity index (χ1v) is 4.96. The second-order valence-electron chi connectivity index (χ2n) is 2.78. The number of halogens is 1. The van der Waals surface area contributed by atoms with Crippen LogP contribution < -0.4 is 0 Å². The van der Waals surface area contributed by atoms with Crippen molar-refractivity contribution in [2.24, 2.45) is 11.8 Å². The minimum atomic E-state index is -0.0332. The Labute approximate surface area is 74.5 Å². The van der Waals surface area contributed by atoms with Crippen molar-refractivity contribution < 1.29 is 9.53 Å². The van der Waals surface area contributed by atoms with E-state index in [4.69, 9.17) is 4.74 Å². The summed E-state index contributed by atoms with van der Waals surface area (Å²) in [5, 5.41) is 0. The van der Waals surface area contributed by atoms with Gasteiger partial charge in [-0.3, -0.25) is 4.79 Å². The van der Waals surface area contributed by atoms with E-state index in [9.17, 15) is 4.79 Å². The summed E-state index contributed by atoms with van der Waals surface area (Å²) in [7, 11) is 0. The summed E-state index contributed by atoms with van der Waals surface area (Å²) in [5.74, 6) is 0.457. The van der Waals surface area contributed by atoms with Crippen LogP contribution >= 0.6 is 22.6 Å². The Morgan fingerprint density at radius 2 is 2.20 bits per heavy atom. The fourth-order valence-electron chi connectivity index (χ4n) is 1.07. The highest BCUT2D eigenvalue weighted by Crippen LogP contribution is 2.28. The van der Waals surface area contributed by atoms with E-state index in [1.165, 1.54) is 0 Å². The molecule has 0 aliphatic carbocycles. The largest absolute Gasteiger partial charge is 0.461 e. The van der Waals surface area contributed by atoms with E-state index in [0.717, 1.165) is 4.43 Å². The number of hydrogen-bond donors (Lipinski definition) is 0. The van der Waals surface area contributed by atoms with E-state index in [0.29, 0.717) is 5.92 Å². The first kappa shape index (κ1) is 8.30. The summed E-state index contributed by atoms with van der Waals surface area (Å²) in [6, 6.07) is 0. The van der Waals surface area contributed by atoms with Gasteiger partial charge in [0.2, 0.25) is 0 Å². The van der Waals surface area contributed by atoms with E-state index >= 15 is 0 Å². The molecule has 0 N–H and O–H groups in total. The van der Waals surface area contributed by atoms with Crippen LogP contribution in [0, 0.1) is 11.8 Å². The molecule has 10 heavy (non-hydrogen) atoms.